The number of benzene rings is 4. The molecule has 0 unspecified atom stereocenters. The zero-order chi connectivity index (χ0) is 46.1. The lowest BCUT2D eigenvalue weighted by atomic mass is 9.97. The molecule has 0 radical (unpaired) electrons. The first-order chi connectivity index (χ1) is 29.7. The molecule has 8 aromatic rings. The fourth-order valence-corrected chi connectivity index (χ4v) is 9.51. The van der Waals surface area contributed by atoms with Gasteiger partial charge in [-0.3, -0.25) is 24.0 Å². The van der Waals surface area contributed by atoms with E-state index in [1.807, 2.05) is 64.7 Å². The molecule has 0 spiro atoms. The van der Waals surface area contributed by atoms with E-state index in [1.165, 1.54) is 26.1 Å². The average Bonchev–Trinajstić information content (AvgIpc) is 4.01. The Morgan fingerprint density at radius 3 is 1.27 bits per heavy atom. The molecule has 8 rings (SSSR count). The number of thiophene rings is 4. The van der Waals surface area contributed by atoms with Crippen molar-refractivity contribution in [3.8, 4) is 0 Å². The van der Waals surface area contributed by atoms with Crippen molar-refractivity contribution in [1.82, 2.24) is 0 Å². The van der Waals surface area contributed by atoms with Gasteiger partial charge in [0.25, 0.3) is 0 Å². The van der Waals surface area contributed by atoms with Crippen LogP contribution in [0.4, 0.5) is 0 Å². The Balaban J connectivity index is 0.000000166. The number of fused-ring (bicyclic) bond motifs is 4. The van der Waals surface area contributed by atoms with Crippen molar-refractivity contribution in [2.45, 2.75) is 71.0 Å². The predicted molar refractivity (Wildman–Crippen MR) is 259 cm³/mol. The van der Waals surface area contributed by atoms with Crippen molar-refractivity contribution in [2.24, 2.45) is 0 Å². The summed E-state index contributed by atoms with van der Waals surface area (Å²) in [5.41, 5.74) is 0.391. The maximum Gasteiger partial charge on any atom is 0.325 e. The SMILES string of the molecule is Brc1ccc2sccc2c1.CC(C)(C)OC(=O)C(C(=O)OC(C)(C)C)c1ccc2sccc2c1.O=C(O)C(C(=O)O)c1ccc2sccc2c1.O=C(O)Cc1ccc2sccc2c1. The average molecular weight is 990 g/mol. The molecule has 4 aromatic carbocycles. The number of hydrogen-bond acceptors (Lipinski definition) is 11. The second-order valence-electron chi connectivity index (χ2n) is 16.0. The molecule has 0 saturated heterocycles. The first kappa shape index (κ1) is 48.6. The van der Waals surface area contributed by atoms with E-state index in [2.05, 4.69) is 45.6 Å². The summed E-state index contributed by atoms with van der Waals surface area (Å²) >= 11 is 10.0. The van der Waals surface area contributed by atoms with E-state index >= 15 is 0 Å². The quantitative estimate of drug-likeness (QED) is 0.0986. The summed E-state index contributed by atoms with van der Waals surface area (Å²) in [6.45, 7) is 10.7. The smallest absolute Gasteiger partial charge is 0.325 e. The van der Waals surface area contributed by atoms with Crippen LogP contribution in [0, 0.1) is 0 Å². The molecule has 0 bridgehead atoms. The van der Waals surface area contributed by atoms with Crippen LogP contribution in [-0.2, 0) is 39.9 Å². The molecule has 3 N–H and O–H groups in total. The molecule has 0 aliphatic rings. The van der Waals surface area contributed by atoms with E-state index < -0.39 is 52.9 Å². The Morgan fingerprint density at radius 2 is 0.873 bits per heavy atom. The molecule has 0 amide bonds. The van der Waals surface area contributed by atoms with Gasteiger partial charge in [0, 0.05) is 23.3 Å². The summed E-state index contributed by atoms with van der Waals surface area (Å²) in [7, 11) is 0. The first-order valence-corrected chi connectivity index (χ1v) is 23.6. The van der Waals surface area contributed by atoms with E-state index in [-0.39, 0.29) is 6.42 Å². The van der Waals surface area contributed by atoms with Crippen LogP contribution in [0.15, 0.2) is 123 Å². The molecule has 0 atom stereocenters. The van der Waals surface area contributed by atoms with Crippen molar-refractivity contribution in [1.29, 1.82) is 0 Å². The lowest BCUT2D eigenvalue weighted by molar-refractivity contribution is -0.169. The zero-order valence-corrected chi connectivity index (χ0v) is 40.0. The highest BCUT2D eigenvalue weighted by molar-refractivity contribution is 9.10. The van der Waals surface area contributed by atoms with Crippen LogP contribution >= 0.6 is 61.3 Å². The number of halogens is 1. The minimum Gasteiger partial charge on any atom is -0.481 e. The third kappa shape index (κ3) is 14.3. The minimum absolute atomic E-state index is 0.103. The third-order valence-corrected chi connectivity index (χ3v) is 12.8. The van der Waals surface area contributed by atoms with Crippen LogP contribution in [0.1, 0.15) is 70.1 Å². The predicted octanol–water partition coefficient (Wildman–Crippen LogP) is 13.0. The van der Waals surface area contributed by atoms with Crippen LogP contribution in [-0.4, -0.2) is 56.4 Å². The number of carbonyl (C=O) groups is 5. The summed E-state index contributed by atoms with van der Waals surface area (Å²) < 4.78 is 16.7. The largest absolute Gasteiger partial charge is 0.481 e. The molecule has 0 aliphatic heterocycles. The minimum atomic E-state index is -1.50. The molecule has 328 valence electrons. The Bertz CT molecular complexity index is 2830. The molecule has 0 fully saturated rings. The lowest BCUT2D eigenvalue weighted by Crippen LogP contribution is -2.35. The maximum absolute atomic E-state index is 12.6. The van der Waals surface area contributed by atoms with Crippen molar-refractivity contribution < 1.29 is 48.8 Å². The second-order valence-corrected chi connectivity index (χ2v) is 20.7. The number of rotatable bonds is 8. The van der Waals surface area contributed by atoms with Crippen molar-refractivity contribution in [3.63, 3.8) is 0 Å². The summed E-state index contributed by atoms with van der Waals surface area (Å²) in [5.74, 6) is -7.24. The van der Waals surface area contributed by atoms with Gasteiger partial charge in [0.2, 0.25) is 0 Å². The van der Waals surface area contributed by atoms with Gasteiger partial charge in [-0.25, -0.2) is 0 Å². The number of carboxylic acids is 3. The molecular formula is C48H45BrO10S4. The third-order valence-electron chi connectivity index (χ3n) is 8.69. The number of ether oxygens (including phenoxy) is 2. The van der Waals surface area contributed by atoms with E-state index in [0.29, 0.717) is 11.1 Å². The fourth-order valence-electron chi connectivity index (χ4n) is 6.05. The van der Waals surface area contributed by atoms with E-state index in [0.717, 1.165) is 35.6 Å². The Kier molecular flexibility index (Phi) is 16.4. The fraction of sp³-hybridized carbons (Fsp3) is 0.229. The van der Waals surface area contributed by atoms with Crippen LogP contribution in [0.3, 0.4) is 0 Å². The van der Waals surface area contributed by atoms with Gasteiger partial charge in [-0.1, -0.05) is 34.1 Å². The number of esters is 2. The molecule has 0 aliphatic carbocycles. The molecule has 63 heavy (non-hydrogen) atoms. The summed E-state index contributed by atoms with van der Waals surface area (Å²) in [6.07, 6.45) is 0.103. The van der Waals surface area contributed by atoms with Gasteiger partial charge in [-0.2, -0.15) is 0 Å². The van der Waals surface area contributed by atoms with Gasteiger partial charge in [-0.05, 0) is 180 Å². The summed E-state index contributed by atoms with van der Waals surface area (Å²) in [6, 6.07) is 30.5. The molecule has 0 saturated carbocycles. The highest BCUT2D eigenvalue weighted by Gasteiger charge is 2.36. The number of hydrogen-bond donors (Lipinski definition) is 3. The van der Waals surface area contributed by atoms with E-state index in [1.54, 1.807) is 99.8 Å². The molecule has 4 aromatic heterocycles. The summed E-state index contributed by atoms with van der Waals surface area (Å²) in [4.78, 5) is 57.4. The Labute approximate surface area is 388 Å². The molecule has 10 nitrogen and oxygen atoms in total. The lowest BCUT2D eigenvalue weighted by Gasteiger charge is -2.26. The van der Waals surface area contributed by atoms with Gasteiger partial charge in [0.1, 0.15) is 11.2 Å². The van der Waals surface area contributed by atoms with Gasteiger partial charge in [0.05, 0.1) is 6.42 Å². The molecular weight excluding hydrogens is 945 g/mol. The Morgan fingerprint density at radius 1 is 0.508 bits per heavy atom. The highest BCUT2D eigenvalue weighted by atomic mass is 79.9. The molecule has 4 heterocycles. The van der Waals surface area contributed by atoms with E-state index in [9.17, 15) is 24.0 Å². The second kappa shape index (κ2) is 21.3. The first-order valence-electron chi connectivity index (χ1n) is 19.3. The van der Waals surface area contributed by atoms with Gasteiger partial charge in [-0.15, -0.1) is 45.3 Å². The highest BCUT2D eigenvalue weighted by Crippen LogP contribution is 2.30. The van der Waals surface area contributed by atoms with Crippen LogP contribution in [0.2, 0.25) is 0 Å². The van der Waals surface area contributed by atoms with Crippen LogP contribution in [0.5, 0.6) is 0 Å². The van der Waals surface area contributed by atoms with Crippen LogP contribution < -0.4 is 0 Å². The van der Waals surface area contributed by atoms with Gasteiger partial charge < -0.3 is 24.8 Å². The standard InChI is InChI=1S/C19H24O4S.C11H8O4S.C10H8O2S.C8H5BrS/c1-18(2,3)22-16(20)15(17(21)23-19(4,5)6)13-7-8-14-12(11-13)9-10-24-14;12-10(13)9(11(14)15)7-1-2-8-6(5-7)3-4-16-8;11-10(12)6-7-1-2-9-8(5-7)3-4-13-9;9-7-1-2-8-6(5-7)3-4-10-8/h7-11,15H,1-6H3;1-5,9H,(H,12,13)(H,14,15);1-5H,6H2,(H,11,12);1-5H. The van der Waals surface area contributed by atoms with Crippen molar-refractivity contribution in [2.75, 3.05) is 0 Å². The van der Waals surface area contributed by atoms with Gasteiger partial charge >= 0.3 is 29.8 Å². The van der Waals surface area contributed by atoms with Crippen molar-refractivity contribution in [3.05, 3.63) is 140 Å². The monoisotopic (exact) mass is 988 g/mol. The molecule has 15 heteroatoms. The van der Waals surface area contributed by atoms with Crippen molar-refractivity contribution >= 4 is 131 Å². The normalized spacial score (nSPS) is 11.3. The van der Waals surface area contributed by atoms with Gasteiger partial charge in [0.15, 0.2) is 11.8 Å². The van der Waals surface area contributed by atoms with E-state index in [4.69, 9.17) is 24.8 Å². The number of carboxylic acid groups (broad SMARTS) is 3. The Hall–Kier alpha value is -5.45. The number of carbonyl (C=O) groups excluding carboxylic acids is 2. The maximum atomic E-state index is 12.6. The zero-order valence-electron chi connectivity index (χ0n) is 35.1. The summed E-state index contributed by atoms with van der Waals surface area (Å²) in [5, 5.41) is 38.6. The van der Waals surface area contributed by atoms with Crippen LogP contribution in [0.25, 0.3) is 40.3 Å². The number of aliphatic carboxylic acids is 3. The topological polar surface area (TPSA) is 165 Å².